The van der Waals surface area contributed by atoms with Gasteiger partial charge in [0.1, 0.15) is 0 Å². The van der Waals surface area contributed by atoms with Crippen LogP contribution in [0.15, 0.2) is 6.20 Å². The average molecular weight is 196 g/mol. The van der Waals surface area contributed by atoms with Crippen molar-refractivity contribution in [3.63, 3.8) is 0 Å². The van der Waals surface area contributed by atoms with Gasteiger partial charge in [-0.05, 0) is 25.2 Å². The number of nitrogens with one attached hydrogen (secondary N) is 1. The van der Waals surface area contributed by atoms with Gasteiger partial charge in [0, 0.05) is 17.6 Å². The lowest BCUT2D eigenvalue weighted by Gasteiger charge is -2.23. The van der Waals surface area contributed by atoms with Gasteiger partial charge in [0.2, 0.25) is 0 Å². The van der Waals surface area contributed by atoms with Crippen LogP contribution in [0.4, 0.5) is 5.13 Å². The molecule has 0 spiro atoms. The zero-order valence-electron chi connectivity index (χ0n) is 8.05. The minimum atomic E-state index is 0.828. The molecule has 72 valence electrons. The maximum absolute atomic E-state index is 4.36. The van der Waals surface area contributed by atoms with Gasteiger partial charge >= 0.3 is 0 Å². The third kappa shape index (κ3) is 2.02. The highest BCUT2D eigenvalue weighted by Crippen LogP contribution is 2.39. The van der Waals surface area contributed by atoms with E-state index in [4.69, 9.17) is 0 Å². The lowest BCUT2D eigenvalue weighted by atomic mass is 9.85. The first-order chi connectivity index (χ1) is 6.40. The molecule has 1 N–H and O–H groups in total. The van der Waals surface area contributed by atoms with E-state index in [-0.39, 0.29) is 0 Å². The van der Waals surface area contributed by atoms with Gasteiger partial charge < -0.3 is 5.32 Å². The van der Waals surface area contributed by atoms with E-state index in [1.54, 1.807) is 0 Å². The van der Waals surface area contributed by atoms with E-state index in [9.17, 15) is 0 Å². The molecule has 1 aliphatic carbocycles. The van der Waals surface area contributed by atoms with E-state index < -0.39 is 0 Å². The molecule has 1 heterocycles. The fraction of sp³-hybridized carbons (Fsp3) is 0.700. The predicted molar refractivity (Wildman–Crippen MR) is 57.5 cm³/mol. The van der Waals surface area contributed by atoms with E-state index in [0.717, 1.165) is 17.6 Å². The van der Waals surface area contributed by atoms with Crippen LogP contribution in [0.3, 0.4) is 0 Å². The van der Waals surface area contributed by atoms with Gasteiger partial charge in [-0.2, -0.15) is 0 Å². The number of aromatic nitrogens is 1. The number of thiazole rings is 1. The SMILES string of the molecule is CCCNc1ncc(C2CCC2)s1. The summed E-state index contributed by atoms with van der Waals surface area (Å²) in [6, 6.07) is 0. The summed E-state index contributed by atoms with van der Waals surface area (Å²) < 4.78 is 0. The van der Waals surface area contributed by atoms with Crippen molar-refractivity contribution in [2.75, 3.05) is 11.9 Å². The second kappa shape index (κ2) is 4.09. The van der Waals surface area contributed by atoms with Gasteiger partial charge in [-0.15, -0.1) is 11.3 Å². The van der Waals surface area contributed by atoms with Gasteiger partial charge in [-0.3, -0.25) is 0 Å². The Balaban J connectivity index is 1.92. The number of hydrogen-bond acceptors (Lipinski definition) is 3. The molecule has 1 fully saturated rings. The van der Waals surface area contributed by atoms with Crippen molar-refractivity contribution in [2.45, 2.75) is 38.5 Å². The topological polar surface area (TPSA) is 24.9 Å². The maximum atomic E-state index is 4.36. The molecular formula is C10H16N2S. The molecule has 3 heteroatoms. The summed E-state index contributed by atoms with van der Waals surface area (Å²) >= 11 is 1.83. The van der Waals surface area contributed by atoms with Crippen LogP contribution in [-0.4, -0.2) is 11.5 Å². The van der Waals surface area contributed by atoms with Gasteiger partial charge in [0.05, 0.1) is 0 Å². The van der Waals surface area contributed by atoms with E-state index in [2.05, 4.69) is 17.2 Å². The van der Waals surface area contributed by atoms with Crippen molar-refractivity contribution in [1.29, 1.82) is 0 Å². The standard InChI is InChI=1S/C10H16N2S/c1-2-6-11-10-12-7-9(13-10)8-4-3-5-8/h7-8H,2-6H2,1H3,(H,11,12). The predicted octanol–water partition coefficient (Wildman–Crippen LogP) is 3.23. The second-order valence-corrected chi connectivity index (χ2v) is 4.68. The van der Waals surface area contributed by atoms with Gasteiger partial charge in [0.15, 0.2) is 5.13 Å². The van der Waals surface area contributed by atoms with Crippen LogP contribution in [0.5, 0.6) is 0 Å². The molecular weight excluding hydrogens is 180 g/mol. The summed E-state index contributed by atoms with van der Waals surface area (Å²) in [5.74, 6) is 0.828. The first kappa shape index (κ1) is 9.00. The number of hydrogen-bond donors (Lipinski definition) is 1. The summed E-state index contributed by atoms with van der Waals surface area (Å²) in [4.78, 5) is 5.84. The van der Waals surface area contributed by atoms with E-state index in [1.165, 1.54) is 30.6 Å². The van der Waals surface area contributed by atoms with Gasteiger partial charge in [-0.1, -0.05) is 13.3 Å². The maximum Gasteiger partial charge on any atom is 0.182 e. The zero-order valence-corrected chi connectivity index (χ0v) is 8.86. The highest BCUT2D eigenvalue weighted by Gasteiger charge is 2.21. The van der Waals surface area contributed by atoms with E-state index in [0.29, 0.717) is 0 Å². The number of rotatable bonds is 4. The Morgan fingerprint density at radius 1 is 1.62 bits per heavy atom. The Morgan fingerprint density at radius 2 is 2.46 bits per heavy atom. The van der Waals surface area contributed by atoms with E-state index >= 15 is 0 Å². The normalized spacial score (nSPS) is 17.0. The highest BCUT2D eigenvalue weighted by atomic mass is 32.1. The summed E-state index contributed by atoms with van der Waals surface area (Å²) in [5, 5.41) is 4.43. The molecule has 1 aromatic rings. The van der Waals surface area contributed by atoms with Crippen molar-refractivity contribution < 1.29 is 0 Å². The molecule has 1 saturated carbocycles. The van der Waals surface area contributed by atoms with Crippen LogP contribution >= 0.6 is 11.3 Å². The fourth-order valence-electron chi connectivity index (χ4n) is 1.48. The van der Waals surface area contributed by atoms with Crippen molar-refractivity contribution in [3.05, 3.63) is 11.1 Å². The molecule has 1 aromatic heterocycles. The van der Waals surface area contributed by atoms with Crippen molar-refractivity contribution in [1.82, 2.24) is 4.98 Å². The van der Waals surface area contributed by atoms with Crippen molar-refractivity contribution in [2.24, 2.45) is 0 Å². The molecule has 1 aliphatic rings. The minimum Gasteiger partial charge on any atom is -0.362 e. The molecule has 2 rings (SSSR count). The lowest BCUT2D eigenvalue weighted by molar-refractivity contribution is 0.425. The Hall–Kier alpha value is -0.570. The third-order valence-electron chi connectivity index (χ3n) is 2.56. The Morgan fingerprint density at radius 3 is 3.08 bits per heavy atom. The van der Waals surface area contributed by atoms with Crippen molar-refractivity contribution in [3.8, 4) is 0 Å². The van der Waals surface area contributed by atoms with Crippen LogP contribution in [-0.2, 0) is 0 Å². The average Bonchev–Trinajstić information content (AvgIpc) is 2.46. The zero-order chi connectivity index (χ0) is 9.10. The third-order valence-corrected chi connectivity index (χ3v) is 3.67. The number of anilines is 1. The van der Waals surface area contributed by atoms with Crippen LogP contribution < -0.4 is 5.32 Å². The van der Waals surface area contributed by atoms with Crippen LogP contribution in [0.1, 0.15) is 43.4 Å². The Kier molecular flexibility index (Phi) is 2.83. The highest BCUT2D eigenvalue weighted by molar-refractivity contribution is 7.15. The van der Waals surface area contributed by atoms with E-state index in [1.807, 2.05) is 17.5 Å². The Bertz CT molecular complexity index is 266. The van der Waals surface area contributed by atoms with Gasteiger partial charge in [-0.25, -0.2) is 4.98 Å². The molecule has 0 saturated heterocycles. The smallest absolute Gasteiger partial charge is 0.182 e. The molecule has 0 aliphatic heterocycles. The van der Waals surface area contributed by atoms with Gasteiger partial charge in [0.25, 0.3) is 0 Å². The molecule has 13 heavy (non-hydrogen) atoms. The monoisotopic (exact) mass is 196 g/mol. The summed E-state index contributed by atoms with van der Waals surface area (Å²) in [7, 11) is 0. The molecule has 0 radical (unpaired) electrons. The molecule has 0 unspecified atom stereocenters. The largest absolute Gasteiger partial charge is 0.362 e. The summed E-state index contributed by atoms with van der Waals surface area (Å²) in [5.41, 5.74) is 0. The molecule has 0 atom stereocenters. The Labute approximate surface area is 83.4 Å². The molecule has 0 bridgehead atoms. The quantitative estimate of drug-likeness (QED) is 0.799. The summed E-state index contributed by atoms with van der Waals surface area (Å²) in [6.45, 7) is 3.21. The summed E-state index contributed by atoms with van der Waals surface area (Å²) in [6.07, 6.45) is 7.36. The lowest BCUT2D eigenvalue weighted by Crippen LogP contribution is -2.06. The first-order valence-electron chi connectivity index (χ1n) is 5.09. The molecule has 0 aromatic carbocycles. The molecule has 2 nitrogen and oxygen atoms in total. The van der Waals surface area contributed by atoms with Crippen LogP contribution in [0.2, 0.25) is 0 Å². The first-order valence-corrected chi connectivity index (χ1v) is 5.91. The fourth-order valence-corrected chi connectivity index (χ4v) is 2.49. The van der Waals surface area contributed by atoms with Crippen LogP contribution in [0, 0.1) is 0 Å². The number of nitrogens with zero attached hydrogens (tertiary/aromatic N) is 1. The minimum absolute atomic E-state index is 0.828. The van der Waals surface area contributed by atoms with Crippen molar-refractivity contribution >= 4 is 16.5 Å². The second-order valence-electron chi connectivity index (χ2n) is 3.62. The van der Waals surface area contributed by atoms with Crippen LogP contribution in [0.25, 0.3) is 0 Å². The molecule has 0 amide bonds.